The number of hydrogen-bond donors (Lipinski definition) is 2. The highest BCUT2D eigenvalue weighted by Gasteiger charge is 1.99. The summed E-state index contributed by atoms with van der Waals surface area (Å²) in [6, 6.07) is 0. The largest absolute Gasteiger partial charge is 0.382 e. The van der Waals surface area contributed by atoms with E-state index in [1.54, 1.807) is 0 Å². The second-order valence-corrected chi connectivity index (χ2v) is 5.42. The Bertz CT molecular complexity index is 204. The topological polar surface area (TPSA) is 50.4 Å². The smallest absolute Gasteiger partial charge is 0.220 e. The molecule has 5 heteroatoms. The van der Waals surface area contributed by atoms with Crippen molar-refractivity contribution >= 4 is 28.8 Å². The number of rotatable bonds is 14. The quantitative estimate of drug-likeness (QED) is 0.275. The van der Waals surface area contributed by atoms with Crippen molar-refractivity contribution in [1.29, 1.82) is 0 Å². The molecule has 1 amide bonds. The molecule has 0 aromatic carbocycles. The van der Waals surface area contributed by atoms with Crippen LogP contribution >= 0.6 is 22.9 Å². The van der Waals surface area contributed by atoms with Gasteiger partial charge in [-0.3, -0.25) is 8.32 Å². The molecule has 0 aliphatic heterocycles. The highest BCUT2D eigenvalue weighted by molar-refractivity contribution is 14.1. The Morgan fingerprint density at radius 2 is 1.63 bits per heavy atom. The molecule has 114 valence electrons. The standard InChI is InChI=1S/C14H29IN2O2/c1-2-19-13-9-10-14(18)16-11-7-5-3-4-6-8-12-17-15/h17H,2-13H2,1H3,(H,16,18). The van der Waals surface area contributed by atoms with E-state index in [9.17, 15) is 4.79 Å². The predicted molar refractivity (Wildman–Crippen MR) is 88.5 cm³/mol. The zero-order valence-electron chi connectivity index (χ0n) is 12.2. The lowest BCUT2D eigenvalue weighted by Crippen LogP contribution is -2.24. The van der Waals surface area contributed by atoms with Crippen molar-refractivity contribution in [2.24, 2.45) is 0 Å². The summed E-state index contributed by atoms with van der Waals surface area (Å²) < 4.78 is 8.33. The third-order valence-corrected chi connectivity index (χ3v) is 3.46. The zero-order chi connectivity index (χ0) is 14.2. The van der Waals surface area contributed by atoms with Crippen molar-refractivity contribution in [3.63, 3.8) is 0 Å². The molecule has 4 nitrogen and oxygen atoms in total. The molecule has 0 aromatic rings. The minimum Gasteiger partial charge on any atom is -0.382 e. The van der Waals surface area contributed by atoms with Gasteiger partial charge in [0.1, 0.15) is 0 Å². The summed E-state index contributed by atoms with van der Waals surface area (Å²) in [5.74, 6) is 0.160. The van der Waals surface area contributed by atoms with Crippen LogP contribution < -0.4 is 8.85 Å². The molecular formula is C14H29IN2O2. The molecule has 0 saturated heterocycles. The highest BCUT2D eigenvalue weighted by Crippen LogP contribution is 2.04. The number of hydrogen-bond acceptors (Lipinski definition) is 3. The van der Waals surface area contributed by atoms with Gasteiger partial charge in [0.25, 0.3) is 0 Å². The van der Waals surface area contributed by atoms with Gasteiger partial charge < -0.3 is 10.1 Å². The van der Waals surface area contributed by atoms with Crippen LogP contribution in [-0.2, 0) is 9.53 Å². The normalized spacial score (nSPS) is 10.6. The van der Waals surface area contributed by atoms with E-state index in [4.69, 9.17) is 4.74 Å². The summed E-state index contributed by atoms with van der Waals surface area (Å²) >= 11 is 2.19. The Kier molecular flexibility index (Phi) is 16.3. The number of ether oxygens (including phenoxy) is 1. The van der Waals surface area contributed by atoms with Gasteiger partial charge in [-0.25, -0.2) is 0 Å². The number of nitrogens with one attached hydrogen (secondary N) is 2. The first kappa shape index (κ1) is 19.1. The van der Waals surface area contributed by atoms with Crippen LogP contribution in [0.2, 0.25) is 0 Å². The van der Waals surface area contributed by atoms with E-state index in [1.165, 1.54) is 32.1 Å². The van der Waals surface area contributed by atoms with Crippen molar-refractivity contribution in [1.82, 2.24) is 8.85 Å². The van der Waals surface area contributed by atoms with Gasteiger partial charge >= 0.3 is 0 Å². The summed E-state index contributed by atoms with van der Waals surface area (Å²) in [7, 11) is 0. The summed E-state index contributed by atoms with van der Waals surface area (Å²) in [6.07, 6.45) is 8.88. The average Bonchev–Trinajstić information content (AvgIpc) is 2.42. The Labute approximate surface area is 131 Å². The predicted octanol–water partition coefficient (Wildman–Crippen LogP) is 3.20. The third kappa shape index (κ3) is 16.1. The van der Waals surface area contributed by atoms with E-state index in [2.05, 4.69) is 31.7 Å². The molecule has 0 bridgehead atoms. The molecule has 0 saturated carbocycles. The van der Waals surface area contributed by atoms with Gasteiger partial charge in [0.2, 0.25) is 5.91 Å². The van der Waals surface area contributed by atoms with E-state index in [1.807, 2.05) is 6.92 Å². The lowest BCUT2D eigenvalue weighted by atomic mass is 10.1. The van der Waals surface area contributed by atoms with Crippen LogP contribution in [0.15, 0.2) is 0 Å². The number of amides is 1. The molecule has 0 heterocycles. The monoisotopic (exact) mass is 384 g/mol. The lowest BCUT2D eigenvalue weighted by Gasteiger charge is -2.05. The first-order chi connectivity index (χ1) is 9.31. The number of carbonyl (C=O) groups excluding carboxylic acids is 1. The summed E-state index contributed by atoms with van der Waals surface area (Å²) in [4.78, 5) is 11.4. The maximum Gasteiger partial charge on any atom is 0.220 e. The summed E-state index contributed by atoms with van der Waals surface area (Å²) in [6.45, 7) is 5.32. The van der Waals surface area contributed by atoms with Gasteiger partial charge in [-0.15, -0.1) is 0 Å². The number of halogens is 1. The van der Waals surface area contributed by atoms with E-state index >= 15 is 0 Å². The second-order valence-electron chi connectivity index (χ2n) is 4.66. The average molecular weight is 384 g/mol. The van der Waals surface area contributed by atoms with Crippen molar-refractivity contribution < 1.29 is 9.53 Å². The van der Waals surface area contributed by atoms with E-state index in [-0.39, 0.29) is 5.91 Å². The molecule has 0 atom stereocenters. The van der Waals surface area contributed by atoms with Gasteiger partial charge in [-0.05, 0) is 26.2 Å². The van der Waals surface area contributed by atoms with Crippen molar-refractivity contribution in [2.75, 3.05) is 26.3 Å². The fourth-order valence-corrected chi connectivity index (χ4v) is 2.20. The molecule has 2 N–H and O–H groups in total. The fourth-order valence-electron chi connectivity index (χ4n) is 1.82. The second kappa shape index (κ2) is 16.2. The number of carbonyl (C=O) groups is 1. The molecule has 0 rings (SSSR count). The van der Waals surface area contributed by atoms with Gasteiger partial charge in [0, 0.05) is 55.6 Å². The van der Waals surface area contributed by atoms with Crippen molar-refractivity contribution in [3.05, 3.63) is 0 Å². The molecule has 0 unspecified atom stereocenters. The van der Waals surface area contributed by atoms with Gasteiger partial charge in [-0.1, -0.05) is 25.7 Å². The summed E-state index contributed by atoms with van der Waals surface area (Å²) in [5.41, 5.74) is 0. The van der Waals surface area contributed by atoms with Crippen LogP contribution in [-0.4, -0.2) is 32.2 Å². The SMILES string of the molecule is CCOCCCC(=O)NCCCCCCCCNI. The minimum absolute atomic E-state index is 0.160. The fraction of sp³-hybridized carbons (Fsp3) is 0.929. The molecule has 0 radical (unpaired) electrons. The van der Waals surface area contributed by atoms with Gasteiger partial charge in [-0.2, -0.15) is 0 Å². The first-order valence-corrected chi connectivity index (χ1v) is 8.57. The molecule has 0 aromatic heterocycles. The maximum atomic E-state index is 11.4. The molecule has 0 aliphatic rings. The Hall–Kier alpha value is 0.120. The van der Waals surface area contributed by atoms with Gasteiger partial charge in [0.15, 0.2) is 0 Å². The van der Waals surface area contributed by atoms with Crippen LogP contribution in [0.1, 0.15) is 58.3 Å². The van der Waals surface area contributed by atoms with Crippen LogP contribution in [0.5, 0.6) is 0 Å². The maximum absolute atomic E-state index is 11.4. The van der Waals surface area contributed by atoms with Crippen LogP contribution in [0.25, 0.3) is 0 Å². The molecule has 0 aliphatic carbocycles. The minimum atomic E-state index is 0.160. The Morgan fingerprint density at radius 1 is 1.00 bits per heavy atom. The van der Waals surface area contributed by atoms with Crippen LogP contribution in [0.3, 0.4) is 0 Å². The Balaban J connectivity index is 3.10. The summed E-state index contributed by atoms with van der Waals surface area (Å²) in [5, 5.41) is 2.97. The van der Waals surface area contributed by atoms with Crippen LogP contribution in [0.4, 0.5) is 0 Å². The molecular weight excluding hydrogens is 355 g/mol. The Morgan fingerprint density at radius 3 is 2.26 bits per heavy atom. The first-order valence-electron chi connectivity index (χ1n) is 7.49. The molecule has 0 spiro atoms. The highest BCUT2D eigenvalue weighted by atomic mass is 127. The third-order valence-electron chi connectivity index (χ3n) is 2.92. The number of unbranched alkanes of at least 4 members (excludes halogenated alkanes) is 5. The van der Waals surface area contributed by atoms with Gasteiger partial charge in [0.05, 0.1) is 0 Å². The van der Waals surface area contributed by atoms with E-state index < -0.39 is 0 Å². The van der Waals surface area contributed by atoms with E-state index in [0.29, 0.717) is 13.0 Å². The van der Waals surface area contributed by atoms with Crippen molar-refractivity contribution in [3.8, 4) is 0 Å². The zero-order valence-corrected chi connectivity index (χ0v) is 14.3. The van der Waals surface area contributed by atoms with Crippen molar-refractivity contribution in [2.45, 2.75) is 58.3 Å². The lowest BCUT2D eigenvalue weighted by molar-refractivity contribution is -0.121. The molecule has 19 heavy (non-hydrogen) atoms. The van der Waals surface area contributed by atoms with Crippen LogP contribution in [0, 0.1) is 0 Å². The van der Waals surface area contributed by atoms with E-state index in [0.717, 1.165) is 32.5 Å². The molecule has 0 fully saturated rings.